The van der Waals surface area contributed by atoms with Gasteiger partial charge in [-0.3, -0.25) is 4.79 Å². The van der Waals surface area contributed by atoms with Gasteiger partial charge in [0.1, 0.15) is 18.2 Å². The van der Waals surface area contributed by atoms with Crippen molar-refractivity contribution in [3.05, 3.63) is 18.1 Å². The average molecular weight is 235 g/mol. The lowest BCUT2D eigenvalue weighted by atomic mass is 10.2. The molecule has 0 aromatic carbocycles. The van der Waals surface area contributed by atoms with E-state index in [2.05, 4.69) is 9.97 Å². The Balaban J connectivity index is 2.22. The molecule has 0 saturated heterocycles. The van der Waals surface area contributed by atoms with Gasteiger partial charge in [0.25, 0.3) is 0 Å². The van der Waals surface area contributed by atoms with E-state index in [-0.39, 0.29) is 12.5 Å². The number of rotatable bonds is 5. The number of carboxylic acid groups (broad SMARTS) is 1. The average Bonchev–Trinajstić information content (AvgIpc) is 3.09. The summed E-state index contributed by atoms with van der Waals surface area (Å²) in [5, 5.41) is 8.92. The molecule has 1 saturated carbocycles. The Morgan fingerprint density at radius 1 is 1.59 bits per heavy atom. The lowest BCUT2D eigenvalue weighted by Gasteiger charge is -2.21. The highest BCUT2D eigenvalue weighted by molar-refractivity contribution is 5.73. The predicted octanol–water partition coefficient (Wildman–Crippen LogP) is 1.65. The normalized spacial score (nSPS) is 15.0. The third kappa shape index (κ3) is 2.93. The van der Waals surface area contributed by atoms with Gasteiger partial charge in [-0.2, -0.15) is 0 Å². The molecule has 0 unspecified atom stereocenters. The second-order valence-corrected chi connectivity index (χ2v) is 4.68. The molecule has 1 fully saturated rings. The van der Waals surface area contributed by atoms with Gasteiger partial charge >= 0.3 is 5.97 Å². The molecule has 1 aromatic heterocycles. The summed E-state index contributed by atoms with van der Waals surface area (Å²) in [6.45, 7) is 4.06. The highest BCUT2D eigenvalue weighted by Crippen LogP contribution is 2.30. The smallest absolute Gasteiger partial charge is 0.323 e. The van der Waals surface area contributed by atoms with Crippen LogP contribution < -0.4 is 4.90 Å². The summed E-state index contributed by atoms with van der Waals surface area (Å²) in [5.41, 5.74) is 0. The summed E-state index contributed by atoms with van der Waals surface area (Å²) in [5.74, 6) is 0.926. The SMILES string of the molecule is CC(C)c1nccc(N(CC(=O)O)C2CC2)n1. The molecule has 17 heavy (non-hydrogen) atoms. The molecule has 1 aromatic rings. The topological polar surface area (TPSA) is 66.3 Å². The standard InChI is InChI=1S/C12H17N3O2/c1-8(2)12-13-6-5-10(14-12)15(7-11(16)17)9-3-4-9/h5-6,8-9H,3-4,7H2,1-2H3,(H,16,17). The second kappa shape index (κ2) is 4.69. The highest BCUT2D eigenvalue weighted by atomic mass is 16.4. The molecule has 2 rings (SSSR count). The van der Waals surface area contributed by atoms with Gasteiger partial charge in [0.05, 0.1) is 0 Å². The van der Waals surface area contributed by atoms with E-state index in [4.69, 9.17) is 5.11 Å². The first-order valence-corrected chi connectivity index (χ1v) is 5.89. The first kappa shape index (κ1) is 11.8. The van der Waals surface area contributed by atoms with Crippen LogP contribution in [-0.2, 0) is 4.79 Å². The Kier molecular flexibility index (Phi) is 3.26. The Morgan fingerprint density at radius 3 is 2.82 bits per heavy atom. The zero-order valence-electron chi connectivity index (χ0n) is 10.1. The van der Waals surface area contributed by atoms with E-state index in [1.807, 2.05) is 18.7 Å². The van der Waals surface area contributed by atoms with Crippen LogP contribution in [-0.4, -0.2) is 33.6 Å². The molecule has 5 heteroatoms. The zero-order chi connectivity index (χ0) is 12.4. The van der Waals surface area contributed by atoms with E-state index in [1.165, 1.54) is 0 Å². The third-order valence-corrected chi connectivity index (χ3v) is 2.76. The Hall–Kier alpha value is -1.65. The molecular formula is C12H17N3O2. The molecule has 1 aliphatic carbocycles. The largest absolute Gasteiger partial charge is 0.480 e. The van der Waals surface area contributed by atoms with Gasteiger partial charge in [0, 0.05) is 18.2 Å². The number of nitrogens with zero attached hydrogens (tertiary/aromatic N) is 3. The van der Waals surface area contributed by atoms with Gasteiger partial charge in [-0.05, 0) is 18.9 Å². The van der Waals surface area contributed by atoms with E-state index in [0.29, 0.717) is 6.04 Å². The number of anilines is 1. The number of carbonyl (C=O) groups is 1. The van der Waals surface area contributed by atoms with Crippen LogP contribution >= 0.6 is 0 Å². The van der Waals surface area contributed by atoms with Crippen LogP contribution in [0.25, 0.3) is 0 Å². The fourth-order valence-electron chi connectivity index (χ4n) is 1.73. The van der Waals surface area contributed by atoms with Crippen molar-refractivity contribution in [2.75, 3.05) is 11.4 Å². The fraction of sp³-hybridized carbons (Fsp3) is 0.583. The van der Waals surface area contributed by atoms with Crippen LogP contribution in [0.5, 0.6) is 0 Å². The van der Waals surface area contributed by atoms with Crippen LogP contribution in [0.2, 0.25) is 0 Å². The highest BCUT2D eigenvalue weighted by Gasteiger charge is 2.31. The van der Waals surface area contributed by atoms with Gasteiger partial charge in [-0.25, -0.2) is 9.97 Å². The zero-order valence-corrected chi connectivity index (χ0v) is 10.1. The number of carboxylic acids is 1. The van der Waals surface area contributed by atoms with E-state index in [9.17, 15) is 4.79 Å². The fourth-order valence-corrected chi connectivity index (χ4v) is 1.73. The first-order valence-electron chi connectivity index (χ1n) is 5.89. The van der Waals surface area contributed by atoms with Gasteiger partial charge < -0.3 is 10.0 Å². The summed E-state index contributed by atoms with van der Waals surface area (Å²) < 4.78 is 0. The molecule has 1 heterocycles. The van der Waals surface area contributed by atoms with Crippen molar-refractivity contribution in [1.82, 2.24) is 9.97 Å². The van der Waals surface area contributed by atoms with Gasteiger partial charge in [-0.1, -0.05) is 13.8 Å². The Labute approximate surface area is 100 Å². The van der Waals surface area contributed by atoms with E-state index >= 15 is 0 Å². The van der Waals surface area contributed by atoms with Crippen LogP contribution in [0.4, 0.5) is 5.82 Å². The molecule has 0 radical (unpaired) electrons. The Morgan fingerprint density at radius 2 is 2.29 bits per heavy atom. The Bertz CT molecular complexity index is 416. The quantitative estimate of drug-likeness (QED) is 0.840. The van der Waals surface area contributed by atoms with Gasteiger partial charge in [-0.15, -0.1) is 0 Å². The summed E-state index contributed by atoms with van der Waals surface area (Å²) in [6.07, 6.45) is 3.80. The third-order valence-electron chi connectivity index (χ3n) is 2.76. The summed E-state index contributed by atoms with van der Waals surface area (Å²) in [6, 6.07) is 2.12. The van der Waals surface area contributed by atoms with E-state index < -0.39 is 5.97 Å². The van der Waals surface area contributed by atoms with E-state index in [0.717, 1.165) is 24.5 Å². The summed E-state index contributed by atoms with van der Waals surface area (Å²) >= 11 is 0. The van der Waals surface area contributed by atoms with Crippen molar-refractivity contribution in [1.29, 1.82) is 0 Å². The molecule has 0 aliphatic heterocycles. The predicted molar refractivity (Wildman–Crippen MR) is 64.1 cm³/mol. The van der Waals surface area contributed by atoms with Crippen LogP contribution in [0, 0.1) is 0 Å². The number of hydrogen-bond acceptors (Lipinski definition) is 4. The first-order chi connectivity index (χ1) is 8.08. The van der Waals surface area contributed by atoms with Crippen LogP contribution in [0.3, 0.4) is 0 Å². The number of aromatic nitrogens is 2. The number of aliphatic carboxylic acids is 1. The van der Waals surface area contributed by atoms with Gasteiger partial charge in [0.2, 0.25) is 0 Å². The summed E-state index contributed by atoms with van der Waals surface area (Å²) in [4.78, 5) is 21.3. The monoisotopic (exact) mass is 235 g/mol. The minimum atomic E-state index is -0.818. The molecule has 92 valence electrons. The van der Waals surface area contributed by atoms with Crippen molar-refractivity contribution in [3.8, 4) is 0 Å². The molecule has 5 nitrogen and oxygen atoms in total. The maximum absolute atomic E-state index is 10.8. The van der Waals surface area contributed by atoms with Gasteiger partial charge in [0.15, 0.2) is 0 Å². The van der Waals surface area contributed by atoms with Crippen LogP contribution in [0.15, 0.2) is 12.3 Å². The lowest BCUT2D eigenvalue weighted by molar-refractivity contribution is -0.135. The van der Waals surface area contributed by atoms with Crippen LogP contribution in [0.1, 0.15) is 38.4 Å². The molecule has 1 aliphatic rings. The molecule has 0 amide bonds. The maximum atomic E-state index is 10.8. The van der Waals surface area contributed by atoms with Crippen molar-refractivity contribution in [2.24, 2.45) is 0 Å². The molecule has 1 N–H and O–H groups in total. The molecule has 0 bridgehead atoms. The maximum Gasteiger partial charge on any atom is 0.323 e. The lowest BCUT2D eigenvalue weighted by Crippen LogP contribution is -2.32. The summed E-state index contributed by atoms with van der Waals surface area (Å²) in [7, 11) is 0. The second-order valence-electron chi connectivity index (χ2n) is 4.68. The van der Waals surface area contributed by atoms with E-state index in [1.54, 1.807) is 12.3 Å². The molecular weight excluding hydrogens is 218 g/mol. The van der Waals surface area contributed by atoms with Crippen molar-refractivity contribution >= 4 is 11.8 Å². The number of hydrogen-bond donors (Lipinski definition) is 1. The van der Waals surface area contributed by atoms with Crippen molar-refractivity contribution < 1.29 is 9.90 Å². The van der Waals surface area contributed by atoms with Crippen molar-refractivity contribution in [2.45, 2.75) is 38.6 Å². The molecule has 0 atom stereocenters. The molecule has 0 spiro atoms. The minimum absolute atomic E-state index is 0.0131. The van der Waals surface area contributed by atoms with Crippen molar-refractivity contribution in [3.63, 3.8) is 0 Å². The minimum Gasteiger partial charge on any atom is -0.480 e.